The van der Waals surface area contributed by atoms with Crippen molar-refractivity contribution in [2.24, 2.45) is 0 Å². The summed E-state index contributed by atoms with van der Waals surface area (Å²) in [5, 5.41) is 12.6. The summed E-state index contributed by atoms with van der Waals surface area (Å²) in [5.74, 6) is 0.208. The Kier molecular flexibility index (Phi) is 6.30. The summed E-state index contributed by atoms with van der Waals surface area (Å²) in [4.78, 5) is 0. The standard InChI is InChI=1S/C16H27N3O3/c1-19(7-11-22-12-8-19)6-2-9-21-10-5-18-16-13-14(20)3-4-15(16)17/h3-4,13,18H,2,5-12,17H2,1H3/p+1. The molecular formula is C16H28N3O3+. The molecular weight excluding hydrogens is 282 g/mol. The maximum Gasteiger partial charge on any atom is 0.117 e. The quantitative estimate of drug-likeness (QED) is 0.292. The van der Waals surface area contributed by atoms with Crippen molar-refractivity contribution in [1.29, 1.82) is 0 Å². The second-order valence-corrected chi connectivity index (χ2v) is 6.07. The number of benzene rings is 1. The monoisotopic (exact) mass is 310 g/mol. The first-order chi connectivity index (χ1) is 10.6. The predicted molar refractivity (Wildman–Crippen MR) is 88.0 cm³/mol. The molecule has 1 aliphatic rings. The summed E-state index contributed by atoms with van der Waals surface area (Å²) in [6.45, 7) is 7.13. The Bertz CT molecular complexity index is 462. The summed E-state index contributed by atoms with van der Waals surface area (Å²) < 4.78 is 12.1. The highest BCUT2D eigenvalue weighted by atomic mass is 16.5. The van der Waals surface area contributed by atoms with Crippen LogP contribution in [0.5, 0.6) is 5.75 Å². The number of phenols is 1. The Morgan fingerprint density at radius 3 is 2.86 bits per heavy atom. The summed E-state index contributed by atoms with van der Waals surface area (Å²) >= 11 is 0. The molecule has 0 radical (unpaired) electrons. The highest BCUT2D eigenvalue weighted by Crippen LogP contribution is 2.23. The normalized spacial score (nSPS) is 17.3. The van der Waals surface area contributed by atoms with E-state index >= 15 is 0 Å². The van der Waals surface area contributed by atoms with Gasteiger partial charge in [0.25, 0.3) is 0 Å². The molecule has 6 nitrogen and oxygen atoms in total. The summed E-state index contributed by atoms with van der Waals surface area (Å²) in [6, 6.07) is 4.88. The molecule has 124 valence electrons. The van der Waals surface area contributed by atoms with E-state index in [1.165, 1.54) is 0 Å². The van der Waals surface area contributed by atoms with Crippen molar-refractivity contribution in [3.63, 3.8) is 0 Å². The number of nitrogens with two attached hydrogens (primary N) is 1. The molecule has 0 unspecified atom stereocenters. The first kappa shape index (κ1) is 16.9. The van der Waals surface area contributed by atoms with Crippen molar-refractivity contribution < 1.29 is 19.1 Å². The highest BCUT2D eigenvalue weighted by Gasteiger charge is 2.24. The minimum Gasteiger partial charge on any atom is -0.508 e. The van der Waals surface area contributed by atoms with Crippen LogP contribution in [0.2, 0.25) is 0 Å². The van der Waals surface area contributed by atoms with Gasteiger partial charge in [0.15, 0.2) is 0 Å². The second-order valence-electron chi connectivity index (χ2n) is 6.07. The lowest BCUT2D eigenvalue weighted by atomic mass is 10.2. The van der Waals surface area contributed by atoms with E-state index < -0.39 is 0 Å². The number of hydrogen-bond acceptors (Lipinski definition) is 5. The molecule has 1 saturated heterocycles. The van der Waals surface area contributed by atoms with Gasteiger partial charge < -0.3 is 30.1 Å². The predicted octanol–water partition coefficient (Wildman–Crippen LogP) is 1.27. The Hall–Kier alpha value is -1.50. The molecule has 1 aromatic carbocycles. The van der Waals surface area contributed by atoms with Gasteiger partial charge in [-0.3, -0.25) is 0 Å². The van der Waals surface area contributed by atoms with Gasteiger partial charge in [-0.1, -0.05) is 0 Å². The smallest absolute Gasteiger partial charge is 0.117 e. The molecule has 0 aromatic heterocycles. The van der Waals surface area contributed by atoms with E-state index in [0.29, 0.717) is 18.8 Å². The fourth-order valence-electron chi connectivity index (χ4n) is 2.61. The van der Waals surface area contributed by atoms with Crippen LogP contribution in [0, 0.1) is 0 Å². The van der Waals surface area contributed by atoms with E-state index in [2.05, 4.69) is 12.4 Å². The summed E-state index contributed by atoms with van der Waals surface area (Å²) in [5.41, 5.74) is 7.20. The maximum atomic E-state index is 9.42. The third kappa shape index (κ3) is 5.36. The molecule has 0 amide bonds. The van der Waals surface area contributed by atoms with Crippen molar-refractivity contribution in [3.8, 4) is 5.75 Å². The number of aromatic hydroxyl groups is 1. The fourth-order valence-corrected chi connectivity index (χ4v) is 2.61. The molecule has 22 heavy (non-hydrogen) atoms. The van der Waals surface area contributed by atoms with Gasteiger partial charge in [0.1, 0.15) is 18.8 Å². The first-order valence-electron chi connectivity index (χ1n) is 7.90. The van der Waals surface area contributed by atoms with Crippen LogP contribution in [-0.4, -0.2) is 69.2 Å². The molecule has 4 N–H and O–H groups in total. The fraction of sp³-hybridized carbons (Fsp3) is 0.625. The Labute approximate surface area is 132 Å². The third-order valence-electron chi connectivity index (χ3n) is 4.14. The number of phenolic OH excluding ortho intramolecular Hbond substituents is 1. The van der Waals surface area contributed by atoms with Crippen LogP contribution in [0.15, 0.2) is 18.2 Å². The Morgan fingerprint density at radius 1 is 1.32 bits per heavy atom. The second kappa shape index (κ2) is 8.22. The summed E-state index contributed by atoms with van der Waals surface area (Å²) in [7, 11) is 2.29. The van der Waals surface area contributed by atoms with Gasteiger partial charge in [-0.2, -0.15) is 0 Å². The number of rotatable bonds is 8. The molecule has 6 heteroatoms. The zero-order valence-corrected chi connectivity index (χ0v) is 13.4. The van der Waals surface area contributed by atoms with Crippen molar-refractivity contribution in [2.75, 3.05) is 70.7 Å². The van der Waals surface area contributed by atoms with E-state index in [1.54, 1.807) is 18.2 Å². The van der Waals surface area contributed by atoms with Gasteiger partial charge >= 0.3 is 0 Å². The summed E-state index contributed by atoms with van der Waals surface area (Å²) in [6.07, 6.45) is 1.06. The van der Waals surface area contributed by atoms with Crippen LogP contribution in [0.1, 0.15) is 6.42 Å². The average Bonchev–Trinajstić information content (AvgIpc) is 2.50. The number of morpholine rings is 1. The van der Waals surface area contributed by atoms with Crippen LogP contribution in [0.3, 0.4) is 0 Å². The Morgan fingerprint density at radius 2 is 2.09 bits per heavy atom. The Balaban J connectivity index is 1.55. The highest BCUT2D eigenvalue weighted by molar-refractivity contribution is 5.67. The molecule has 2 rings (SSSR count). The zero-order valence-electron chi connectivity index (χ0n) is 13.4. The van der Waals surface area contributed by atoms with E-state index in [0.717, 1.165) is 56.0 Å². The molecule has 0 bridgehead atoms. The number of anilines is 2. The largest absolute Gasteiger partial charge is 0.508 e. The maximum absolute atomic E-state index is 9.42. The SMILES string of the molecule is C[N+]1(CCCOCCNc2cc(O)ccc2N)CCOCC1. The van der Waals surface area contributed by atoms with Crippen molar-refractivity contribution in [3.05, 3.63) is 18.2 Å². The molecule has 0 aliphatic carbocycles. The zero-order chi connectivity index (χ0) is 15.8. The number of likely N-dealkylation sites (N-methyl/N-ethyl adjacent to an activating group) is 1. The van der Waals surface area contributed by atoms with E-state index in [-0.39, 0.29) is 5.75 Å². The van der Waals surface area contributed by atoms with E-state index in [9.17, 15) is 5.11 Å². The molecule has 0 atom stereocenters. The molecule has 1 aromatic rings. The molecule has 0 saturated carbocycles. The van der Waals surface area contributed by atoms with Crippen LogP contribution in [-0.2, 0) is 9.47 Å². The lowest BCUT2D eigenvalue weighted by molar-refractivity contribution is -0.917. The van der Waals surface area contributed by atoms with Gasteiger partial charge in [-0.15, -0.1) is 0 Å². The van der Waals surface area contributed by atoms with Gasteiger partial charge in [0.05, 0.1) is 51.4 Å². The van der Waals surface area contributed by atoms with Crippen molar-refractivity contribution >= 4 is 11.4 Å². The number of nitrogen functional groups attached to an aromatic ring is 1. The number of hydrogen-bond donors (Lipinski definition) is 3. The van der Waals surface area contributed by atoms with Crippen LogP contribution in [0.4, 0.5) is 11.4 Å². The van der Waals surface area contributed by atoms with Crippen LogP contribution < -0.4 is 11.1 Å². The lowest BCUT2D eigenvalue weighted by Crippen LogP contribution is -2.52. The van der Waals surface area contributed by atoms with Gasteiger partial charge in [-0.25, -0.2) is 0 Å². The minimum absolute atomic E-state index is 0.208. The number of nitrogens with zero attached hydrogens (tertiary/aromatic N) is 1. The minimum atomic E-state index is 0.208. The molecule has 1 aliphatic heterocycles. The van der Waals surface area contributed by atoms with E-state index in [4.69, 9.17) is 15.2 Å². The third-order valence-corrected chi connectivity index (χ3v) is 4.14. The number of nitrogens with one attached hydrogen (secondary N) is 1. The van der Waals surface area contributed by atoms with Gasteiger partial charge in [-0.05, 0) is 12.1 Å². The number of ether oxygens (including phenoxy) is 2. The average molecular weight is 310 g/mol. The van der Waals surface area contributed by atoms with Crippen molar-refractivity contribution in [1.82, 2.24) is 0 Å². The van der Waals surface area contributed by atoms with Gasteiger partial charge in [0, 0.05) is 19.0 Å². The molecule has 1 heterocycles. The topological polar surface area (TPSA) is 76.7 Å². The van der Waals surface area contributed by atoms with Gasteiger partial charge in [0.2, 0.25) is 0 Å². The lowest BCUT2D eigenvalue weighted by Gasteiger charge is -2.37. The first-order valence-corrected chi connectivity index (χ1v) is 7.90. The van der Waals surface area contributed by atoms with Crippen molar-refractivity contribution in [2.45, 2.75) is 6.42 Å². The number of quaternary nitrogens is 1. The molecule has 0 spiro atoms. The van der Waals surface area contributed by atoms with E-state index in [1.807, 2.05) is 0 Å². The van der Waals surface area contributed by atoms with Crippen LogP contribution >= 0.6 is 0 Å². The molecule has 1 fully saturated rings. The van der Waals surface area contributed by atoms with Crippen LogP contribution in [0.25, 0.3) is 0 Å².